The summed E-state index contributed by atoms with van der Waals surface area (Å²) in [5.41, 5.74) is -0.739. The van der Waals surface area contributed by atoms with Crippen LogP contribution in [0.5, 0.6) is 0 Å². The van der Waals surface area contributed by atoms with E-state index in [1.165, 1.54) is 42.5 Å². The summed E-state index contributed by atoms with van der Waals surface area (Å²) in [5, 5.41) is 21.1. The summed E-state index contributed by atoms with van der Waals surface area (Å²) in [6, 6.07) is 15.8. The van der Waals surface area contributed by atoms with Crippen LogP contribution in [0.1, 0.15) is 21.3 Å². The molecule has 0 spiro atoms. The van der Waals surface area contributed by atoms with Crippen LogP contribution in [0.15, 0.2) is 83.8 Å². The Balaban J connectivity index is 2.08. The lowest BCUT2D eigenvalue weighted by Gasteiger charge is -2.23. The maximum absolute atomic E-state index is 13.2. The average Bonchev–Trinajstić information content (AvgIpc) is 2.82. The van der Waals surface area contributed by atoms with Crippen LogP contribution >= 0.6 is 11.6 Å². The predicted octanol–water partition coefficient (Wildman–Crippen LogP) is 4.01. The normalized spacial score (nSPS) is 13.1. The van der Waals surface area contributed by atoms with E-state index in [-0.39, 0.29) is 16.8 Å². The molecule has 0 radical (unpaired) electrons. The van der Waals surface area contributed by atoms with E-state index in [4.69, 9.17) is 11.6 Å². The Kier molecular flexibility index (Phi) is 7.16. The molecule has 1 N–H and O–H groups in total. The number of carbonyl (C=O) groups excluding carboxylic acids is 1. The van der Waals surface area contributed by atoms with Gasteiger partial charge < -0.3 is 0 Å². The van der Waals surface area contributed by atoms with Crippen LogP contribution < -0.4 is 4.72 Å². The maximum atomic E-state index is 13.2. The van der Waals surface area contributed by atoms with Gasteiger partial charge in [-0.15, -0.1) is 11.6 Å². The molecule has 2 atom stereocenters. The second-order valence-electron chi connectivity index (χ2n) is 6.81. The minimum atomic E-state index is -4.60. The Bertz CT molecular complexity index is 1320. The Labute approximate surface area is 193 Å². The van der Waals surface area contributed by atoms with Crippen LogP contribution in [0.4, 0.5) is 11.4 Å². The van der Waals surface area contributed by atoms with E-state index < -0.39 is 47.7 Å². The molecule has 0 aliphatic rings. The monoisotopic (exact) mass is 489 g/mol. The summed E-state index contributed by atoms with van der Waals surface area (Å²) in [5.74, 6) is -0.718. The first kappa shape index (κ1) is 24.0. The fourth-order valence-electron chi connectivity index (χ4n) is 3.10. The number of nitro benzene ring substituents is 2. The first-order valence-electron chi connectivity index (χ1n) is 9.35. The van der Waals surface area contributed by atoms with Crippen molar-refractivity contribution < 1.29 is 23.1 Å². The summed E-state index contributed by atoms with van der Waals surface area (Å²) in [6.45, 7) is 0. The van der Waals surface area contributed by atoms with Crippen LogP contribution in [0, 0.1) is 20.2 Å². The summed E-state index contributed by atoms with van der Waals surface area (Å²) < 4.78 is 28.3. The van der Waals surface area contributed by atoms with E-state index in [1.54, 1.807) is 18.2 Å². The van der Waals surface area contributed by atoms with Gasteiger partial charge in [-0.05, 0) is 11.6 Å². The molecule has 0 amide bonds. The number of halogens is 1. The molecule has 0 bridgehead atoms. The molecular formula is C21H16ClN3O7S. The molecule has 10 nitrogen and oxygen atoms in total. The second kappa shape index (κ2) is 9.86. The molecule has 0 aliphatic carbocycles. The molecule has 3 aromatic carbocycles. The number of nitrogens with one attached hydrogen (secondary N) is 1. The van der Waals surface area contributed by atoms with Crippen molar-refractivity contribution in [3.63, 3.8) is 0 Å². The number of nitro groups is 2. The van der Waals surface area contributed by atoms with Gasteiger partial charge in [0.25, 0.3) is 11.4 Å². The van der Waals surface area contributed by atoms with Crippen molar-refractivity contribution in [2.24, 2.45) is 0 Å². The number of ketones is 1. The highest BCUT2D eigenvalue weighted by atomic mass is 35.5. The third kappa shape index (κ3) is 5.40. The standard InChI is InChI=1S/C21H16ClN3O7S/c22-19(15-9-6-10-16(13-15)24(27)28)20(21(26)14-7-2-1-3-8-14)23-33(31,32)18-12-5-4-11-17(18)25(29)30/h1-13,19-20,23H/t19-,20-/m1/s1. The highest BCUT2D eigenvalue weighted by Crippen LogP contribution is 2.31. The van der Waals surface area contributed by atoms with E-state index >= 15 is 0 Å². The second-order valence-corrected chi connectivity index (χ2v) is 8.96. The van der Waals surface area contributed by atoms with Crippen LogP contribution in [-0.2, 0) is 10.0 Å². The summed E-state index contributed by atoms with van der Waals surface area (Å²) in [7, 11) is -4.60. The van der Waals surface area contributed by atoms with Crippen molar-refractivity contribution in [3.05, 3.63) is 110 Å². The number of para-hydroxylation sites is 1. The Hall–Kier alpha value is -3.67. The molecule has 0 saturated carbocycles. The van der Waals surface area contributed by atoms with Crippen molar-refractivity contribution in [1.29, 1.82) is 0 Å². The predicted molar refractivity (Wildman–Crippen MR) is 120 cm³/mol. The highest BCUT2D eigenvalue weighted by Gasteiger charge is 2.36. The molecule has 0 aliphatic heterocycles. The number of alkyl halides is 1. The number of hydrogen-bond donors (Lipinski definition) is 1. The smallest absolute Gasteiger partial charge is 0.289 e. The quantitative estimate of drug-likeness (QED) is 0.206. The van der Waals surface area contributed by atoms with Gasteiger partial charge in [0.05, 0.1) is 15.2 Å². The number of benzene rings is 3. The molecular weight excluding hydrogens is 474 g/mol. The summed E-state index contributed by atoms with van der Waals surface area (Å²) >= 11 is 6.49. The van der Waals surface area contributed by atoms with Crippen LogP contribution in [0.25, 0.3) is 0 Å². The van der Waals surface area contributed by atoms with Gasteiger partial charge in [-0.25, -0.2) is 8.42 Å². The first-order valence-corrected chi connectivity index (χ1v) is 11.3. The van der Waals surface area contributed by atoms with Gasteiger partial charge in [-0.1, -0.05) is 54.6 Å². The fourth-order valence-corrected chi connectivity index (χ4v) is 4.86. The highest BCUT2D eigenvalue weighted by molar-refractivity contribution is 7.89. The zero-order chi connectivity index (χ0) is 24.2. The van der Waals surface area contributed by atoms with Gasteiger partial charge in [0.2, 0.25) is 10.0 Å². The first-order chi connectivity index (χ1) is 15.6. The van der Waals surface area contributed by atoms with Gasteiger partial charge in [0.15, 0.2) is 10.7 Å². The van der Waals surface area contributed by atoms with Gasteiger partial charge >= 0.3 is 0 Å². The van der Waals surface area contributed by atoms with Gasteiger partial charge in [0, 0.05) is 23.8 Å². The zero-order valence-corrected chi connectivity index (χ0v) is 18.3. The molecule has 33 heavy (non-hydrogen) atoms. The maximum Gasteiger partial charge on any atom is 0.289 e. The molecule has 0 aromatic heterocycles. The number of non-ortho nitro benzene ring substituents is 1. The molecule has 3 aromatic rings. The van der Waals surface area contributed by atoms with Crippen molar-refractivity contribution in [1.82, 2.24) is 4.72 Å². The lowest BCUT2D eigenvalue weighted by atomic mass is 9.97. The van der Waals surface area contributed by atoms with Crippen LogP contribution in [-0.4, -0.2) is 30.1 Å². The number of nitrogens with zero attached hydrogens (tertiary/aromatic N) is 2. The average molecular weight is 490 g/mol. The van der Waals surface area contributed by atoms with E-state index in [1.807, 2.05) is 0 Å². The Morgan fingerprint density at radius 2 is 1.52 bits per heavy atom. The molecule has 0 unspecified atom stereocenters. The van der Waals surface area contributed by atoms with E-state index in [0.29, 0.717) is 0 Å². The number of carbonyl (C=O) groups is 1. The van der Waals surface area contributed by atoms with E-state index in [2.05, 4.69) is 4.72 Å². The minimum Gasteiger partial charge on any atom is -0.292 e. The zero-order valence-electron chi connectivity index (χ0n) is 16.7. The van der Waals surface area contributed by atoms with Crippen LogP contribution in [0.2, 0.25) is 0 Å². The molecule has 0 fully saturated rings. The van der Waals surface area contributed by atoms with Gasteiger partial charge in [-0.2, -0.15) is 4.72 Å². The fraction of sp³-hybridized carbons (Fsp3) is 0.0952. The minimum absolute atomic E-state index is 0.116. The topological polar surface area (TPSA) is 150 Å². The van der Waals surface area contributed by atoms with Crippen molar-refractivity contribution in [3.8, 4) is 0 Å². The van der Waals surface area contributed by atoms with Gasteiger partial charge in [0.1, 0.15) is 6.04 Å². The third-order valence-electron chi connectivity index (χ3n) is 4.67. The molecule has 0 saturated heterocycles. The molecule has 170 valence electrons. The lowest BCUT2D eigenvalue weighted by molar-refractivity contribution is -0.387. The van der Waals surface area contributed by atoms with E-state index in [0.717, 1.165) is 18.2 Å². The van der Waals surface area contributed by atoms with Crippen molar-refractivity contribution in [2.75, 3.05) is 0 Å². The Morgan fingerprint density at radius 1 is 0.879 bits per heavy atom. The Morgan fingerprint density at radius 3 is 2.15 bits per heavy atom. The molecule has 12 heteroatoms. The largest absolute Gasteiger partial charge is 0.292 e. The summed E-state index contributed by atoms with van der Waals surface area (Å²) in [4.78, 5) is 33.5. The molecule has 0 heterocycles. The number of Topliss-reactive ketones (excluding diaryl/α,β-unsaturated/α-hetero) is 1. The number of rotatable bonds is 9. The van der Waals surface area contributed by atoms with Crippen LogP contribution in [0.3, 0.4) is 0 Å². The van der Waals surface area contributed by atoms with Crippen molar-refractivity contribution >= 4 is 38.8 Å². The van der Waals surface area contributed by atoms with Gasteiger partial charge in [-0.3, -0.25) is 25.0 Å². The lowest BCUT2D eigenvalue weighted by Crippen LogP contribution is -2.43. The number of sulfonamides is 1. The van der Waals surface area contributed by atoms with E-state index in [9.17, 15) is 33.4 Å². The third-order valence-corrected chi connectivity index (χ3v) is 6.66. The molecule has 3 rings (SSSR count). The SMILES string of the molecule is O=C(c1ccccc1)[C@H](NS(=O)(=O)c1ccccc1[N+](=O)[O-])[C@H](Cl)c1cccc([N+](=O)[O-])c1. The number of hydrogen-bond acceptors (Lipinski definition) is 7. The summed E-state index contributed by atoms with van der Waals surface area (Å²) in [6.07, 6.45) is 0. The van der Waals surface area contributed by atoms with Crippen molar-refractivity contribution in [2.45, 2.75) is 16.3 Å².